The molecule has 2 aromatic rings. The summed E-state index contributed by atoms with van der Waals surface area (Å²) >= 11 is 0. The van der Waals surface area contributed by atoms with Crippen molar-refractivity contribution in [3.8, 4) is 0 Å². The molecule has 0 amide bonds. The predicted octanol–water partition coefficient (Wildman–Crippen LogP) is 1.49. The zero-order valence-corrected chi connectivity index (χ0v) is 14.1. The lowest BCUT2D eigenvalue weighted by molar-refractivity contribution is -0.0123. The van der Waals surface area contributed by atoms with Gasteiger partial charge in [-0.3, -0.25) is 9.80 Å². The fourth-order valence-electron chi connectivity index (χ4n) is 3.59. The van der Waals surface area contributed by atoms with Gasteiger partial charge < -0.3 is 14.5 Å². The lowest BCUT2D eigenvalue weighted by Crippen LogP contribution is -2.44. The number of aromatic nitrogens is 2. The van der Waals surface area contributed by atoms with Crippen LogP contribution in [0, 0.1) is 0 Å². The van der Waals surface area contributed by atoms with Crippen molar-refractivity contribution in [2.75, 3.05) is 52.5 Å². The highest BCUT2D eigenvalue weighted by molar-refractivity contribution is 5.74. The van der Waals surface area contributed by atoms with Crippen LogP contribution in [0.4, 0.5) is 0 Å². The summed E-state index contributed by atoms with van der Waals surface area (Å²) in [5.41, 5.74) is 2.16. The number of imidazole rings is 1. The van der Waals surface area contributed by atoms with Gasteiger partial charge in [-0.25, -0.2) is 4.98 Å². The Labute approximate surface area is 142 Å². The summed E-state index contributed by atoms with van der Waals surface area (Å²) in [5.74, 6) is 1.04. The highest BCUT2D eigenvalue weighted by Gasteiger charge is 2.23. The average molecular weight is 330 g/mol. The van der Waals surface area contributed by atoms with Crippen LogP contribution in [-0.2, 0) is 16.0 Å². The van der Waals surface area contributed by atoms with Crippen molar-refractivity contribution in [1.82, 2.24) is 19.8 Å². The molecule has 0 bridgehead atoms. The molecule has 6 heteroatoms. The Morgan fingerprint density at radius 3 is 2.83 bits per heavy atom. The second-order valence-electron chi connectivity index (χ2n) is 6.70. The van der Waals surface area contributed by atoms with Gasteiger partial charge in [-0.05, 0) is 18.6 Å². The van der Waals surface area contributed by atoms with Gasteiger partial charge in [0.05, 0.1) is 36.9 Å². The number of nitrogens with one attached hydrogen (secondary N) is 1. The molecule has 1 atom stereocenters. The van der Waals surface area contributed by atoms with Crippen LogP contribution in [0.25, 0.3) is 11.0 Å². The summed E-state index contributed by atoms with van der Waals surface area (Å²) in [4.78, 5) is 13.1. The minimum absolute atomic E-state index is 0.273. The SMILES string of the molecule is c1ccc2[nH]c(CN3CCCO[C@H](CN4CCOCC4)C3)nc2c1. The van der Waals surface area contributed by atoms with Gasteiger partial charge in [0.2, 0.25) is 0 Å². The molecule has 0 radical (unpaired) electrons. The Bertz CT molecular complexity index is 620. The summed E-state index contributed by atoms with van der Waals surface area (Å²) in [6, 6.07) is 8.22. The van der Waals surface area contributed by atoms with E-state index in [-0.39, 0.29) is 6.10 Å². The molecule has 2 saturated heterocycles. The van der Waals surface area contributed by atoms with Crippen molar-refractivity contribution in [2.24, 2.45) is 0 Å². The minimum atomic E-state index is 0.273. The van der Waals surface area contributed by atoms with Gasteiger partial charge in [-0.15, -0.1) is 0 Å². The van der Waals surface area contributed by atoms with Crippen LogP contribution in [-0.4, -0.2) is 78.4 Å². The monoisotopic (exact) mass is 330 g/mol. The first-order valence-corrected chi connectivity index (χ1v) is 8.94. The molecule has 130 valence electrons. The maximum Gasteiger partial charge on any atom is 0.121 e. The molecule has 0 aliphatic carbocycles. The number of aromatic amines is 1. The summed E-state index contributed by atoms with van der Waals surface area (Å²) in [7, 11) is 0. The van der Waals surface area contributed by atoms with Crippen LogP contribution in [0.5, 0.6) is 0 Å². The molecule has 0 saturated carbocycles. The van der Waals surface area contributed by atoms with Crippen LogP contribution in [0.3, 0.4) is 0 Å². The van der Waals surface area contributed by atoms with E-state index in [0.29, 0.717) is 0 Å². The molecule has 3 heterocycles. The fourth-order valence-corrected chi connectivity index (χ4v) is 3.59. The number of hydrogen-bond acceptors (Lipinski definition) is 5. The third kappa shape index (κ3) is 3.95. The first-order valence-electron chi connectivity index (χ1n) is 8.94. The van der Waals surface area contributed by atoms with E-state index in [1.807, 2.05) is 12.1 Å². The van der Waals surface area contributed by atoms with Crippen molar-refractivity contribution in [3.05, 3.63) is 30.1 Å². The zero-order valence-electron chi connectivity index (χ0n) is 14.1. The van der Waals surface area contributed by atoms with E-state index in [2.05, 4.69) is 26.9 Å². The quantitative estimate of drug-likeness (QED) is 0.920. The number of ether oxygens (including phenoxy) is 2. The molecule has 24 heavy (non-hydrogen) atoms. The molecule has 2 aliphatic heterocycles. The number of fused-ring (bicyclic) bond motifs is 1. The maximum atomic E-state index is 6.08. The second-order valence-corrected chi connectivity index (χ2v) is 6.70. The standard InChI is InChI=1S/C18H26N4O2/c1-2-5-17-16(4-1)19-18(20-17)14-22-6-3-9-24-15(13-22)12-21-7-10-23-11-8-21/h1-2,4-5,15H,3,6-14H2,(H,19,20)/t15-/m1/s1. The Hall–Kier alpha value is -1.47. The van der Waals surface area contributed by atoms with Crippen molar-refractivity contribution < 1.29 is 9.47 Å². The van der Waals surface area contributed by atoms with Gasteiger partial charge in [0, 0.05) is 39.3 Å². The largest absolute Gasteiger partial charge is 0.379 e. The fraction of sp³-hybridized carbons (Fsp3) is 0.611. The van der Waals surface area contributed by atoms with E-state index in [1.54, 1.807) is 0 Å². The zero-order chi connectivity index (χ0) is 16.2. The van der Waals surface area contributed by atoms with E-state index >= 15 is 0 Å². The summed E-state index contributed by atoms with van der Waals surface area (Å²) in [6.45, 7) is 8.46. The molecule has 2 fully saturated rings. The molecule has 1 aromatic carbocycles. The van der Waals surface area contributed by atoms with Crippen LogP contribution in [0.2, 0.25) is 0 Å². The first-order chi connectivity index (χ1) is 11.9. The topological polar surface area (TPSA) is 53.6 Å². The molecule has 0 unspecified atom stereocenters. The lowest BCUT2D eigenvalue weighted by Gasteiger charge is -2.31. The van der Waals surface area contributed by atoms with Crippen molar-refractivity contribution in [2.45, 2.75) is 19.1 Å². The van der Waals surface area contributed by atoms with Crippen molar-refractivity contribution in [1.29, 1.82) is 0 Å². The number of benzene rings is 1. The van der Waals surface area contributed by atoms with Gasteiger partial charge in [-0.2, -0.15) is 0 Å². The second kappa shape index (κ2) is 7.61. The molecule has 4 rings (SSSR count). The Kier molecular flexibility index (Phi) is 5.08. The molecular weight excluding hydrogens is 304 g/mol. The Morgan fingerprint density at radius 1 is 1.08 bits per heavy atom. The number of H-pyrrole nitrogens is 1. The summed E-state index contributed by atoms with van der Waals surface area (Å²) in [5, 5.41) is 0. The summed E-state index contributed by atoms with van der Waals surface area (Å²) in [6.07, 6.45) is 1.36. The smallest absolute Gasteiger partial charge is 0.121 e. The Balaban J connectivity index is 1.38. The van der Waals surface area contributed by atoms with Crippen LogP contribution in [0.15, 0.2) is 24.3 Å². The third-order valence-electron chi connectivity index (χ3n) is 4.81. The van der Waals surface area contributed by atoms with E-state index in [0.717, 1.165) is 82.4 Å². The molecule has 0 spiro atoms. The van der Waals surface area contributed by atoms with Crippen molar-refractivity contribution >= 4 is 11.0 Å². The normalized spacial score (nSPS) is 24.2. The van der Waals surface area contributed by atoms with E-state index < -0.39 is 0 Å². The number of rotatable bonds is 4. The van der Waals surface area contributed by atoms with Gasteiger partial charge in [0.1, 0.15) is 5.82 Å². The van der Waals surface area contributed by atoms with Crippen LogP contribution < -0.4 is 0 Å². The molecule has 6 nitrogen and oxygen atoms in total. The third-order valence-corrected chi connectivity index (χ3v) is 4.81. The lowest BCUT2D eigenvalue weighted by atomic mass is 10.2. The first kappa shape index (κ1) is 16.0. The van der Waals surface area contributed by atoms with Crippen molar-refractivity contribution in [3.63, 3.8) is 0 Å². The van der Waals surface area contributed by atoms with Gasteiger partial charge >= 0.3 is 0 Å². The highest BCUT2D eigenvalue weighted by Crippen LogP contribution is 2.14. The molecule has 1 N–H and O–H groups in total. The van der Waals surface area contributed by atoms with E-state index in [4.69, 9.17) is 14.5 Å². The average Bonchev–Trinajstić information content (AvgIpc) is 2.88. The maximum absolute atomic E-state index is 6.08. The van der Waals surface area contributed by atoms with Gasteiger partial charge in [0.15, 0.2) is 0 Å². The summed E-state index contributed by atoms with van der Waals surface area (Å²) < 4.78 is 11.5. The number of hydrogen-bond donors (Lipinski definition) is 1. The Morgan fingerprint density at radius 2 is 1.96 bits per heavy atom. The number of morpholine rings is 1. The van der Waals surface area contributed by atoms with Crippen LogP contribution in [0.1, 0.15) is 12.2 Å². The highest BCUT2D eigenvalue weighted by atomic mass is 16.5. The van der Waals surface area contributed by atoms with E-state index in [1.165, 1.54) is 0 Å². The minimum Gasteiger partial charge on any atom is -0.379 e. The van der Waals surface area contributed by atoms with Crippen LogP contribution >= 0.6 is 0 Å². The predicted molar refractivity (Wildman–Crippen MR) is 93.0 cm³/mol. The molecular formula is C18H26N4O2. The van der Waals surface area contributed by atoms with Gasteiger partial charge in [-0.1, -0.05) is 12.1 Å². The molecule has 1 aromatic heterocycles. The molecule has 2 aliphatic rings. The number of nitrogens with zero attached hydrogens (tertiary/aromatic N) is 3. The number of para-hydroxylation sites is 2. The van der Waals surface area contributed by atoms with E-state index in [9.17, 15) is 0 Å². The van der Waals surface area contributed by atoms with Gasteiger partial charge in [0.25, 0.3) is 0 Å².